The third kappa shape index (κ3) is 3.86. The highest BCUT2D eigenvalue weighted by Gasteiger charge is 2.15. The van der Waals surface area contributed by atoms with E-state index in [4.69, 9.17) is 16.6 Å². The molecule has 2 heterocycles. The zero-order valence-electron chi connectivity index (χ0n) is 16.0. The first kappa shape index (κ1) is 19.2. The van der Waals surface area contributed by atoms with E-state index < -0.39 is 5.91 Å². The summed E-state index contributed by atoms with van der Waals surface area (Å²) in [7, 11) is 0. The Morgan fingerprint density at radius 1 is 1.03 bits per heavy atom. The number of benzene rings is 3. The van der Waals surface area contributed by atoms with E-state index in [-0.39, 0.29) is 16.6 Å². The maximum atomic E-state index is 12.4. The number of phenols is 1. The second-order valence-corrected chi connectivity index (χ2v) is 8.21. The lowest BCUT2D eigenvalue weighted by molar-refractivity contribution is 0.0953. The first-order valence-corrected chi connectivity index (χ1v) is 10.6. The molecule has 0 bridgehead atoms. The van der Waals surface area contributed by atoms with Gasteiger partial charge in [0, 0.05) is 17.1 Å². The summed E-state index contributed by atoms with van der Waals surface area (Å²) in [6.07, 6.45) is 0. The van der Waals surface area contributed by atoms with Crippen LogP contribution in [0.2, 0.25) is 0 Å². The first-order valence-electron chi connectivity index (χ1n) is 9.37. The number of carbonyl (C=O) groups excluding carboxylic acids is 1. The van der Waals surface area contributed by atoms with Gasteiger partial charge in [0.1, 0.15) is 16.3 Å². The third-order valence-corrected chi connectivity index (χ3v) is 5.93. The number of hydrogen-bond acceptors (Lipinski definition) is 6. The Kier molecular flexibility index (Phi) is 4.85. The molecular formula is C23H15N3O3S2. The summed E-state index contributed by atoms with van der Waals surface area (Å²) in [4.78, 5) is 17.0. The topological polar surface area (TPSA) is 87.4 Å². The molecule has 0 fully saturated rings. The molecule has 0 unspecified atom stereocenters. The molecule has 5 rings (SSSR count). The van der Waals surface area contributed by atoms with E-state index in [2.05, 4.69) is 15.6 Å². The number of rotatable bonds is 3. The van der Waals surface area contributed by atoms with Crippen LogP contribution >= 0.6 is 23.6 Å². The van der Waals surface area contributed by atoms with Gasteiger partial charge < -0.3 is 14.8 Å². The van der Waals surface area contributed by atoms with Gasteiger partial charge in [-0.15, -0.1) is 11.3 Å². The molecule has 0 aliphatic rings. The highest BCUT2D eigenvalue weighted by Crippen LogP contribution is 2.36. The van der Waals surface area contributed by atoms with Crippen molar-refractivity contribution in [2.24, 2.45) is 0 Å². The molecule has 0 radical (unpaired) electrons. The molecule has 0 saturated heterocycles. The van der Waals surface area contributed by atoms with Gasteiger partial charge in [-0.2, -0.15) is 0 Å². The van der Waals surface area contributed by atoms with Gasteiger partial charge in [0.15, 0.2) is 10.9 Å². The van der Waals surface area contributed by atoms with Gasteiger partial charge in [0.25, 0.3) is 5.91 Å². The Labute approximate surface area is 186 Å². The second kappa shape index (κ2) is 7.82. The summed E-state index contributed by atoms with van der Waals surface area (Å²) in [6.45, 7) is 0. The van der Waals surface area contributed by atoms with E-state index in [1.807, 2.05) is 42.5 Å². The first-order chi connectivity index (χ1) is 15.1. The quantitative estimate of drug-likeness (QED) is 0.316. The molecule has 152 valence electrons. The zero-order valence-corrected chi connectivity index (χ0v) is 17.6. The predicted octanol–water partition coefficient (Wildman–Crippen LogP) is 5.54. The van der Waals surface area contributed by atoms with Crippen molar-refractivity contribution >= 4 is 61.4 Å². The molecule has 3 aromatic carbocycles. The van der Waals surface area contributed by atoms with Crippen LogP contribution < -0.4 is 10.6 Å². The van der Waals surface area contributed by atoms with E-state index in [1.54, 1.807) is 30.3 Å². The summed E-state index contributed by atoms with van der Waals surface area (Å²) in [6, 6.07) is 21.9. The van der Waals surface area contributed by atoms with Crippen molar-refractivity contribution in [2.75, 3.05) is 5.32 Å². The normalized spacial score (nSPS) is 11.0. The monoisotopic (exact) mass is 445 g/mol. The number of carbonyl (C=O) groups is 1. The number of anilines is 1. The highest BCUT2D eigenvalue weighted by atomic mass is 32.1. The van der Waals surface area contributed by atoms with Crippen LogP contribution in [-0.2, 0) is 0 Å². The van der Waals surface area contributed by atoms with Crippen molar-refractivity contribution < 1.29 is 14.3 Å². The van der Waals surface area contributed by atoms with E-state index in [0.717, 1.165) is 20.6 Å². The Balaban J connectivity index is 1.30. The van der Waals surface area contributed by atoms with Gasteiger partial charge in [-0.1, -0.05) is 30.3 Å². The molecule has 1 amide bonds. The number of aromatic hydroxyl groups is 1. The second-order valence-electron chi connectivity index (χ2n) is 6.78. The molecule has 0 aliphatic carbocycles. The minimum Gasteiger partial charge on any atom is -0.507 e. The van der Waals surface area contributed by atoms with Crippen molar-refractivity contribution in [1.82, 2.24) is 10.3 Å². The number of phenolic OH excluding ortho intramolecular Hbond substituents is 1. The Hall–Kier alpha value is -3.75. The lowest BCUT2D eigenvalue weighted by atomic mass is 10.2. The summed E-state index contributed by atoms with van der Waals surface area (Å²) < 4.78 is 6.59. The third-order valence-electron chi connectivity index (χ3n) is 4.66. The highest BCUT2D eigenvalue weighted by molar-refractivity contribution is 7.80. The average molecular weight is 446 g/mol. The summed E-state index contributed by atoms with van der Waals surface area (Å²) in [5, 5.41) is 17.7. The molecule has 31 heavy (non-hydrogen) atoms. The van der Waals surface area contributed by atoms with Crippen LogP contribution in [0, 0.1) is 0 Å². The van der Waals surface area contributed by atoms with Gasteiger partial charge in [-0.3, -0.25) is 10.1 Å². The minimum absolute atomic E-state index is 0.0652. The number of nitrogens with one attached hydrogen (secondary N) is 2. The van der Waals surface area contributed by atoms with Gasteiger partial charge in [-0.25, -0.2) is 4.98 Å². The molecule has 0 spiro atoms. The van der Waals surface area contributed by atoms with Gasteiger partial charge in [0.05, 0.1) is 15.8 Å². The maximum absolute atomic E-state index is 12.4. The fourth-order valence-electron chi connectivity index (χ4n) is 3.20. The Bertz CT molecular complexity index is 1390. The number of para-hydroxylation sites is 2. The number of nitrogens with zero attached hydrogens (tertiary/aromatic N) is 1. The molecule has 2 aromatic heterocycles. The minimum atomic E-state index is -0.455. The number of amides is 1. The van der Waals surface area contributed by atoms with Crippen LogP contribution in [0.15, 0.2) is 77.2 Å². The molecular weight excluding hydrogens is 430 g/mol. The number of hydrogen-bond donors (Lipinski definition) is 3. The standard InChI is InChI=1S/C23H15N3O3S2/c27-17-12-14(9-10-15(17)22-25-16-6-2-4-8-20(16)31-22)24-23(30)26-21(28)19-11-13-5-1-3-7-18(13)29-19/h1-12,27H,(H2,24,26,28,30). The molecule has 8 heteroatoms. The van der Waals surface area contributed by atoms with Crippen LogP contribution in [0.3, 0.4) is 0 Å². The van der Waals surface area contributed by atoms with Crippen LogP contribution in [0.5, 0.6) is 5.75 Å². The number of thiocarbonyl (C=S) groups is 1. The number of thiazole rings is 1. The molecule has 0 atom stereocenters. The van der Waals surface area contributed by atoms with Crippen LogP contribution in [0.4, 0.5) is 5.69 Å². The van der Waals surface area contributed by atoms with Crippen molar-refractivity contribution in [3.05, 3.63) is 78.6 Å². The van der Waals surface area contributed by atoms with E-state index in [1.165, 1.54) is 11.3 Å². The van der Waals surface area contributed by atoms with E-state index in [9.17, 15) is 9.90 Å². The SMILES string of the molecule is O=C(NC(=S)Nc1ccc(-c2nc3ccccc3s2)c(O)c1)c1cc2ccccc2o1. The molecule has 3 N–H and O–H groups in total. The summed E-state index contributed by atoms with van der Waals surface area (Å²) >= 11 is 6.74. The number of furan rings is 1. The van der Waals surface area contributed by atoms with Crippen LogP contribution in [-0.4, -0.2) is 21.1 Å². The van der Waals surface area contributed by atoms with E-state index in [0.29, 0.717) is 16.8 Å². The molecule has 0 aliphatic heterocycles. The zero-order chi connectivity index (χ0) is 21.4. The van der Waals surface area contributed by atoms with Crippen LogP contribution in [0.25, 0.3) is 31.8 Å². The van der Waals surface area contributed by atoms with Crippen molar-refractivity contribution in [2.45, 2.75) is 0 Å². The summed E-state index contributed by atoms with van der Waals surface area (Å²) in [5.41, 5.74) is 2.68. The van der Waals surface area contributed by atoms with Crippen molar-refractivity contribution in [1.29, 1.82) is 0 Å². The van der Waals surface area contributed by atoms with E-state index >= 15 is 0 Å². The number of fused-ring (bicyclic) bond motifs is 2. The Morgan fingerprint density at radius 2 is 1.84 bits per heavy atom. The predicted molar refractivity (Wildman–Crippen MR) is 127 cm³/mol. The fraction of sp³-hybridized carbons (Fsp3) is 0. The van der Waals surface area contributed by atoms with Crippen molar-refractivity contribution in [3.8, 4) is 16.3 Å². The molecule has 6 nitrogen and oxygen atoms in total. The largest absolute Gasteiger partial charge is 0.507 e. The van der Waals surface area contributed by atoms with Gasteiger partial charge in [0.2, 0.25) is 0 Å². The number of aromatic nitrogens is 1. The Morgan fingerprint density at radius 3 is 2.65 bits per heavy atom. The fourth-order valence-corrected chi connectivity index (χ4v) is 4.41. The molecule has 0 saturated carbocycles. The maximum Gasteiger partial charge on any atom is 0.293 e. The molecule has 5 aromatic rings. The smallest absolute Gasteiger partial charge is 0.293 e. The average Bonchev–Trinajstić information content (AvgIpc) is 3.38. The van der Waals surface area contributed by atoms with Gasteiger partial charge in [-0.05, 0) is 48.6 Å². The van der Waals surface area contributed by atoms with Crippen molar-refractivity contribution in [3.63, 3.8) is 0 Å². The lowest BCUT2D eigenvalue weighted by Crippen LogP contribution is -2.33. The lowest BCUT2D eigenvalue weighted by Gasteiger charge is -2.10. The van der Waals surface area contributed by atoms with Crippen LogP contribution in [0.1, 0.15) is 10.6 Å². The van der Waals surface area contributed by atoms with Gasteiger partial charge >= 0.3 is 0 Å². The summed E-state index contributed by atoms with van der Waals surface area (Å²) in [5.74, 6) is -0.223.